The van der Waals surface area contributed by atoms with Crippen molar-refractivity contribution in [2.75, 3.05) is 26.4 Å². The molecule has 4 rings (SSSR count). The molecule has 2 heterocycles. The lowest BCUT2D eigenvalue weighted by Gasteiger charge is -2.10. The Morgan fingerprint density at radius 2 is 1.67 bits per heavy atom. The predicted molar refractivity (Wildman–Crippen MR) is 79.4 cm³/mol. The molecule has 2 aliphatic rings. The fraction of sp³-hybridized carbons (Fsp3) is 0.375. The minimum atomic E-state index is 0.213. The van der Waals surface area contributed by atoms with Crippen LogP contribution >= 0.6 is 11.6 Å². The van der Waals surface area contributed by atoms with Crippen molar-refractivity contribution in [2.45, 2.75) is 12.2 Å². The van der Waals surface area contributed by atoms with E-state index in [1.165, 1.54) is 0 Å². The molecule has 4 nitrogen and oxygen atoms in total. The summed E-state index contributed by atoms with van der Waals surface area (Å²) in [5.41, 5.74) is 0. The Hall–Kier alpha value is -1.49. The number of hydrogen-bond donors (Lipinski definition) is 0. The number of rotatable bonds is 6. The van der Waals surface area contributed by atoms with Gasteiger partial charge in [-0.25, -0.2) is 0 Å². The van der Waals surface area contributed by atoms with Crippen molar-refractivity contribution in [1.29, 1.82) is 0 Å². The molecule has 0 aromatic heterocycles. The first-order valence-electron chi connectivity index (χ1n) is 7.00. The van der Waals surface area contributed by atoms with Crippen molar-refractivity contribution in [1.82, 2.24) is 0 Å². The molecule has 2 fully saturated rings. The van der Waals surface area contributed by atoms with Crippen LogP contribution in [0.4, 0.5) is 0 Å². The first-order valence-corrected chi connectivity index (χ1v) is 7.38. The van der Waals surface area contributed by atoms with Gasteiger partial charge in [-0.3, -0.25) is 0 Å². The predicted octanol–water partition coefficient (Wildman–Crippen LogP) is 3.05. The maximum absolute atomic E-state index is 6.24. The van der Waals surface area contributed by atoms with Gasteiger partial charge in [0.15, 0.2) is 0 Å². The molecular weight excluding hydrogens is 292 g/mol. The quantitative estimate of drug-likeness (QED) is 0.769. The van der Waals surface area contributed by atoms with Gasteiger partial charge < -0.3 is 18.9 Å². The second kappa shape index (κ2) is 5.37. The fourth-order valence-electron chi connectivity index (χ4n) is 2.13. The van der Waals surface area contributed by atoms with Crippen LogP contribution in [0.15, 0.2) is 30.3 Å². The topological polar surface area (TPSA) is 43.5 Å². The van der Waals surface area contributed by atoms with Gasteiger partial charge in [0.1, 0.15) is 36.9 Å². The van der Waals surface area contributed by atoms with Crippen LogP contribution in [0.1, 0.15) is 0 Å². The molecule has 0 amide bonds. The Balaban J connectivity index is 1.55. The van der Waals surface area contributed by atoms with Gasteiger partial charge in [-0.2, -0.15) is 0 Å². The van der Waals surface area contributed by atoms with Crippen molar-refractivity contribution < 1.29 is 18.9 Å². The molecule has 2 aromatic carbocycles. The van der Waals surface area contributed by atoms with E-state index >= 15 is 0 Å². The van der Waals surface area contributed by atoms with Gasteiger partial charge in [-0.1, -0.05) is 17.7 Å². The number of ether oxygens (including phenoxy) is 4. The van der Waals surface area contributed by atoms with Gasteiger partial charge >= 0.3 is 0 Å². The molecule has 110 valence electrons. The third-order valence-corrected chi connectivity index (χ3v) is 3.82. The van der Waals surface area contributed by atoms with Crippen molar-refractivity contribution >= 4 is 22.4 Å². The fourth-order valence-corrected chi connectivity index (χ4v) is 2.35. The number of fused-ring (bicyclic) bond motifs is 1. The molecule has 0 aliphatic carbocycles. The third kappa shape index (κ3) is 3.23. The summed E-state index contributed by atoms with van der Waals surface area (Å²) in [6.45, 7) is 2.71. The smallest absolute Gasteiger partial charge is 0.138 e. The van der Waals surface area contributed by atoms with E-state index in [1.807, 2.05) is 30.3 Å². The van der Waals surface area contributed by atoms with Crippen LogP contribution in [0.3, 0.4) is 0 Å². The first kappa shape index (κ1) is 13.2. The average Bonchev–Trinajstić information content (AvgIpc) is 3.37. The maximum Gasteiger partial charge on any atom is 0.138 e. The highest BCUT2D eigenvalue weighted by Gasteiger charge is 2.24. The zero-order valence-corrected chi connectivity index (χ0v) is 12.1. The molecule has 0 spiro atoms. The highest BCUT2D eigenvalue weighted by molar-refractivity contribution is 6.32. The summed E-state index contributed by atoms with van der Waals surface area (Å²) in [6.07, 6.45) is 0.466. The lowest BCUT2D eigenvalue weighted by Crippen LogP contribution is -2.04. The molecule has 2 aromatic rings. The Morgan fingerprint density at radius 1 is 0.952 bits per heavy atom. The zero-order chi connectivity index (χ0) is 14.2. The number of hydrogen-bond acceptors (Lipinski definition) is 4. The molecule has 0 bridgehead atoms. The second-order valence-corrected chi connectivity index (χ2v) is 5.73. The minimum Gasteiger partial charge on any atom is -0.491 e. The van der Waals surface area contributed by atoms with Gasteiger partial charge in [0.05, 0.1) is 18.2 Å². The van der Waals surface area contributed by atoms with Gasteiger partial charge in [0, 0.05) is 0 Å². The SMILES string of the molecule is Clc1cc2ccc(OCC3CO3)cc2cc1OCC1CO1. The minimum absolute atomic E-state index is 0.213. The van der Waals surface area contributed by atoms with E-state index in [-0.39, 0.29) is 12.2 Å². The summed E-state index contributed by atoms with van der Waals surface area (Å²) in [5, 5.41) is 2.72. The molecule has 0 radical (unpaired) electrons. The van der Waals surface area contributed by atoms with Crippen LogP contribution < -0.4 is 9.47 Å². The number of halogens is 1. The summed E-state index contributed by atoms with van der Waals surface area (Å²) in [7, 11) is 0. The summed E-state index contributed by atoms with van der Waals surface area (Å²) in [5.74, 6) is 1.51. The highest BCUT2D eigenvalue weighted by Crippen LogP contribution is 2.32. The van der Waals surface area contributed by atoms with Gasteiger partial charge in [0.2, 0.25) is 0 Å². The second-order valence-electron chi connectivity index (χ2n) is 5.32. The standard InChI is InChI=1S/C16H15ClO4/c17-15-4-10-1-2-12(18-6-13-7-19-13)3-11(10)5-16(15)21-9-14-8-20-14/h1-5,13-14H,6-9H2. The van der Waals surface area contributed by atoms with Gasteiger partial charge in [-0.05, 0) is 35.0 Å². The van der Waals surface area contributed by atoms with Crippen LogP contribution in [-0.4, -0.2) is 38.6 Å². The monoisotopic (exact) mass is 306 g/mol. The van der Waals surface area contributed by atoms with Crippen LogP contribution in [-0.2, 0) is 9.47 Å². The van der Waals surface area contributed by atoms with Crippen molar-refractivity contribution in [3.05, 3.63) is 35.4 Å². The molecule has 5 heteroatoms. The number of epoxide rings is 2. The van der Waals surface area contributed by atoms with Crippen LogP contribution in [0.2, 0.25) is 5.02 Å². The van der Waals surface area contributed by atoms with E-state index < -0.39 is 0 Å². The largest absolute Gasteiger partial charge is 0.491 e. The Bertz CT molecular complexity index is 665. The Morgan fingerprint density at radius 3 is 2.38 bits per heavy atom. The summed E-state index contributed by atoms with van der Waals surface area (Å²) < 4.78 is 21.7. The van der Waals surface area contributed by atoms with Crippen molar-refractivity contribution in [3.8, 4) is 11.5 Å². The van der Waals surface area contributed by atoms with Crippen LogP contribution in [0.25, 0.3) is 10.8 Å². The lowest BCUT2D eigenvalue weighted by molar-refractivity contribution is 0.262. The lowest BCUT2D eigenvalue weighted by atomic mass is 10.1. The molecular formula is C16H15ClO4. The Kier molecular flexibility index (Phi) is 3.37. The van der Waals surface area contributed by atoms with Gasteiger partial charge in [-0.15, -0.1) is 0 Å². The van der Waals surface area contributed by atoms with E-state index in [4.69, 9.17) is 30.5 Å². The van der Waals surface area contributed by atoms with Crippen molar-refractivity contribution in [2.24, 2.45) is 0 Å². The highest BCUT2D eigenvalue weighted by atomic mass is 35.5. The van der Waals surface area contributed by atoms with Crippen LogP contribution in [0.5, 0.6) is 11.5 Å². The van der Waals surface area contributed by atoms with E-state index in [9.17, 15) is 0 Å². The third-order valence-electron chi connectivity index (χ3n) is 3.53. The zero-order valence-electron chi connectivity index (χ0n) is 11.4. The normalized spacial score (nSPS) is 23.1. The van der Waals surface area contributed by atoms with E-state index in [0.29, 0.717) is 24.0 Å². The van der Waals surface area contributed by atoms with Gasteiger partial charge in [0.25, 0.3) is 0 Å². The number of benzene rings is 2. The summed E-state index contributed by atoms with van der Waals surface area (Å²) >= 11 is 6.24. The Labute approximate surface area is 127 Å². The van der Waals surface area contributed by atoms with E-state index in [0.717, 1.165) is 29.7 Å². The molecule has 0 N–H and O–H groups in total. The molecule has 2 unspecified atom stereocenters. The van der Waals surface area contributed by atoms with E-state index in [1.54, 1.807) is 0 Å². The van der Waals surface area contributed by atoms with Crippen molar-refractivity contribution in [3.63, 3.8) is 0 Å². The summed E-state index contributed by atoms with van der Waals surface area (Å²) in [4.78, 5) is 0. The van der Waals surface area contributed by atoms with Crippen LogP contribution in [0, 0.1) is 0 Å². The molecule has 21 heavy (non-hydrogen) atoms. The summed E-state index contributed by atoms with van der Waals surface area (Å²) in [6, 6.07) is 9.79. The maximum atomic E-state index is 6.24. The van der Waals surface area contributed by atoms with E-state index in [2.05, 4.69) is 0 Å². The molecule has 0 saturated carbocycles. The molecule has 2 saturated heterocycles. The molecule has 2 atom stereocenters. The first-order chi connectivity index (χ1) is 10.3. The molecule has 2 aliphatic heterocycles. The average molecular weight is 307 g/mol.